The molecule has 2 aromatic carbocycles. The summed E-state index contributed by atoms with van der Waals surface area (Å²) in [7, 11) is 0. The Morgan fingerprint density at radius 2 is 1.68 bits per heavy atom. The second-order valence-corrected chi connectivity index (χ2v) is 6.92. The average molecular weight is 406 g/mol. The molecule has 0 aliphatic carbocycles. The zero-order chi connectivity index (χ0) is 18.4. The van der Waals surface area contributed by atoms with Gasteiger partial charge in [0.15, 0.2) is 6.61 Å². The minimum absolute atomic E-state index is 0.00994. The van der Waals surface area contributed by atoms with Crippen LogP contribution in [0.4, 0.5) is 0 Å². The molecule has 2 rings (SSSR count). The molecule has 1 N–H and O–H groups in total. The number of halogens is 1. The number of nitrogens with one attached hydrogen (secondary N) is 1. The molecule has 4 nitrogen and oxygen atoms in total. The van der Waals surface area contributed by atoms with Crippen molar-refractivity contribution < 1.29 is 14.3 Å². The van der Waals surface area contributed by atoms with Crippen molar-refractivity contribution in [3.05, 3.63) is 57.1 Å². The maximum atomic E-state index is 11.9. The minimum atomic E-state index is -0.164. The van der Waals surface area contributed by atoms with E-state index in [1.807, 2.05) is 58.0 Å². The van der Waals surface area contributed by atoms with Crippen molar-refractivity contribution in [3.8, 4) is 11.5 Å². The van der Waals surface area contributed by atoms with Crippen molar-refractivity contribution >= 4 is 21.8 Å². The van der Waals surface area contributed by atoms with Crippen LogP contribution in [-0.4, -0.2) is 25.7 Å². The quantitative estimate of drug-likeness (QED) is 0.700. The monoisotopic (exact) mass is 405 g/mol. The molecule has 1 amide bonds. The Labute approximate surface area is 157 Å². The molecule has 0 bridgehead atoms. The van der Waals surface area contributed by atoms with E-state index < -0.39 is 0 Å². The van der Waals surface area contributed by atoms with Gasteiger partial charge >= 0.3 is 0 Å². The van der Waals surface area contributed by atoms with Crippen molar-refractivity contribution in [2.24, 2.45) is 0 Å². The van der Waals surface area contributed by atoms with Crippen molar-refractivity contribution in [1.29, 1.82) is 0 Å². The average Bonchev–Trinajstić information content (AvgIpc) is 2.57. The first-order chi connectivity index (χ1) is 11.9. The second kappa shape index (κ2) is 8.90. The van der Waals surface area contributed by atoms with Crippen LogP contribution in [0.15, 0.2) is 34.8 Å². The van der Waals surface area contributed by atoms with Gasteiger partial charge < -0.3 is 14.8 Å². The van der Waals surface area contributed by atoms with Gasteiger partial charge in [0.1, 0.15) is 18.1 Å². The lowest BCUT2D eigenvalue weighted by Crippen LogP contribution is -2.32. The number of carbonyl (C=O) groups excluding carboxylic acids is 1. The first kappa shape index (κ1) is 19.3. The highest BCUT2D eigenvalue weighted by Crippen LogP contribution is 2.26. The van der Waals surface area contributed by atoms with E-state index in [0.717, 1.165) is 32.5 Å². The molecule has 0 saturated carbocycles. The summed E-state index contributed by atoms with van der Waals surface area (Å²) in [5, 5.41) is 2.80. The number of aryl methyl sites for hydroxylation is 4. The molecule has 0 aliphatic heterocycles. The first-order valence-corrected chi connectivity index (χ1v) is 9.02. The van der Waals surface area contributed by atoms with Crippen molar-refractivity contribution in [1.82, 2.24) is 5.32 Å². The van der Waals surface area contributed by atoms with Gasteiger partial charge in [-0.25, -0.2) is 0 Å². The highest BCUT2D eigenvalue weighted by atomic mass is 79.9. The largest absolute Gasteiger partial charge is 0.491 e. The number of carbonyl (C=O) groups is 1. The zero-order valence-electron chi connectivity index (χ0n) is 15.1. The van der Waals surface area contributed by atoms with Gasteiger partial charge in [-0.2, -0.15) is 0 Å². The van der Waals surface area contributed by atoms with Crippen molar-refractivity contribution in [2.45, 2.75) is 27.7 Å². The fourth-order valence-corrected chi connectivity index (χ4v) is 2.63. The van der Waals surface area contributed by atoms with Gasteiger partial charge in [-0.05, 0) is 68.1 Å². The summed E-state index contributed by atoms with van der Waals surface area (Å²) in [5.74, 6) is 1.38. The maximum absolute atomic E-state index is 11.9. The van der Waals surface area contributed by atoms with E-state index in [1.54, 1.807) is 0 Å². The summed E-state index contributed by atoms with van der Waals surface area (Å²) in [6.45, 7) is 8.87. The Balaban J connectivity index is 1.73. The third-order valence-corrected chi connectivity index (χ3v) is 5.06. The lowest BCUT2D eigenvalue weighted by atomic mass is 10.1. The van der Waals surface area contributed by atoms with E-state index in [9.17, 15) is 4.79 Å². The predicted molar refractivity (Wildman–Crippen MR) is 104 cm³/mol. The van der Waals surface area contributed by atoms with Crippen LogP contribution in [0.1, 0.15) is 22.3 Å². The molecule has 2 aromatic rings. The number of hydrogen-bond donors (Lipinski definition) is 1. The molecule has 0 unspecified atom stereocenters. The lowest BCUT2D eigenvalue weighted by molar-refractivity contribution is -0.123. The number of rotatable bonds is 7. The van der Waals surface area contributed by atoms with E-state index in [0.29, 0.717) is 18.9 Å². The molecule has 0 aromatic heterocycles. The first-order valence-electron chi connectivity index (χ1n) is 8.23. The summed E-state index contributed by atoms with van der Waals surface area (Å²) in [4.78, 5) is 11.9. The van der Waals surface area contributed by atoms with Crippen LogP contribution in [0.3, 0.4) is 0 Å². The van der Waals surface area contributed by atoms with E-state index in [2.05, 4.69) is 21.2 Å². The molecular formula is C20H24BrNO3. The molecule has 0 atom stereocenters. The highest BCUT2D eigenvalue weighted by molar-refractivity contribution is 9.10. The van der Waals surface area contributed by atoms with Crippen molar-refractivity contribution in [2.75, 3.05) is 19.8 Å². The van der Waals surface area contributed by atoms with Gasteiger partial charge in [0, 0.05) is 4.47 Å². The van der Waals surface area contributed by atoms with E-state index >= 15 is 0 Å². The predicted octanol–water partition coefficient (Wildman–Crippen LogP) is 4.26. The maximum Gasteiger partial charge on any atom is 0.258 e. The number of ether oxygens (including phenoxy) is 2. The van der Waals surface area contributed by atoms with Crippen LogP contribution >= 0.6 is 15.9 Å². The van der Waals surface area contributed by atoms with Gasteiger partial charge in [-0.3, -0.25) is 4.79 Å². The highest BCUT2D eigenvalue weighted by Gasteiger charge is 2.06. The van der Waals surface area contributed by atoms with Gasteiger partial charge in [-0.15, -0.1) is 0 Å². The van der Waals surface area contributed by atoms with Crippen LogP contribution in [0.2, 0.25) is 0 Å². The zero-order valence-corrected chi connectivity index (χ0v) is 16.7. The molecular weight excluding hydrogens is 382 g/mol. The SMILES string of the molecule is Cc1ccc(C)c(OCCNC(=O)COc2cc(C)c(Br)c(C)c2)c1. The van der Waals surface area contributed by atoms with Crippen LogP contribution in [-0.2, 0) is 4.79 Å². The molecule has 5 heteroatoms. The number of amides is 1. The molecule has 0 heterocycles. The number of benzene rings is 2. The summed E-state index contributed by atoms with van der Waals surface area (Å²) in [6.07, 6.45) is 0. The molecule has 0 radical (unpaired) electrons. The van der Waals surface area contributed by atoms with Gasteiger partial charge in [0.25, 0.3) is 5.91 Å². The Bertz CT molecular complexity index is 736. The standard InChI is InChI=1S/C20H24BrNO3/c1-13-5-6-14(2)18(9-13)24-8-7-22-19(23)12-25-17-10-15(3)20(21)16(4)11-17/h5-6,9-11H,7-8,12H2,1-4H3,(H,22,23). The van der Waals surface area contributed by atoms with Crippen LogP contribution in [0.25, 0.3) is 0 Å². The van der Waals surface area contributed by atoms with E-state index in [-0.39, 0.29) is 12.5 Å². The Kier molecular flexibility index (Phi) is 6.88. The fraction of sp³-hybridized carbons (Fsp3) is 0.350. The fourth-order valence-electron chi connectivity index (χ4n) is 2.40. The molecule has 25 heavy (non-hydrogen) atoms. The Morgan fingerprint density at radius 3 is 2.36 bits per heavy atom. The number of hydrogen-bond acceptors (Lipinski definition) is 3. The van der Waals surface area contributed by atoms with Gasteiger partial charge in [0.2, 0.25) is 0 Å². The van der Waals surface area contributed by atoms with Gasteiger partial charge in [0.05, 0.1) is 6.54 Å². The lowest BCUT2D eigenvalue weighted by Gasteiger charge is -2.12. The summed E-state index contributed by atoms with van der Waals surface area (Å²) >= 11 is 3.52. The molecule has 0 saturated heterocycles. The normalized spacial score (nSPS) is 10.4. The second-order valence-electron chi connectivity index (χ2n) is 6.13. The Hall–Kier alpha value is -2.01. The summed E-state index contributed by atoms with van der Waals surface area (Å²) < 4.78 is 12.3. The molecule has 134 valence electrons. The summed E-state index contributed by atoms with van der Waals surface area (Å²) in [6, 6.07) is 9.90. The minimum Gasteiger partial charge on any atom is -0.491 e. The topological polar surface area (TPSA) is 47.6 Å². The third kappa shape index (κ3) is 5.78. The smallest absolute Gasteiger partial charge is 0.258 e. The van der Waals surface area contributed by atoms with Gasteiger partial charge in [-0.1, -0.05) is 28.1 Å². The summed E-state index contributed by atoms with van der Waals surface area (Å²) in [5.41, 5.74) is 4.40. The molecule has 0 spiro atoms. The third-order valence-electron chi connectivity index (χ3n) is 3.81. The molecule has 0 aliphatic rings. The van der Waals surface area contributed by atoms with E-state index in [4.69, 9.17) is 9.47 Å². The van der Waals surface area contributed by atoms with Crippen LogP contribution < -0.4 is 14.8 Å². The van der Waals surface area contributed by atoms with Crippen LogP contribution in [0, 0.1) is 27.7 Å². The van der Waals surface area contributed by atoms with Crippen molar-refractivity contribution in [3.63, 3.8) is 0 Å². The van der Waals surface area contributed by atoms with E-state index in [1.165, 1.54) is 0 Å². The van der Waals surface area contributed by atoms with Crippen LogP contribution in [0.5, 0.6) is 11.5 Å². The molecule has 0 fully saturated rings. The Morgan fingerprint density at radius 1 is 1.00 bits per heavy atom.